The van der Waals surface area contributed by atoms with Gasteiger partial charge in [-0.1, -0.05) is 44.2 Å². The third-order valence-corrected chi connectivity index (χ3v) is 3.56. The Morgan fingerprint density at radius 2 is 2.09 bits per heavy atom. The summed E-state index contributed by atoms with van der Waals surface area (Å²) in [6, 6.07) is 11.5. The molecular formula is C15H18N6O. The fraction of sp³-hybridized carbons (Fsp3) is 0.400. The quantitative estimate of drug-likeness (QED) is 0.899. The molecule has 0 saturated carbocycles. The second kappa shape index (κ2) is 6.35. The van der Waals surface area contributed by atoms with Crippen LogP contribution in [0.3, 0.4) is 0 Å². The minimum Gasteiger partial charge on any atom is -0.336 e. The number of rotatable bonds is 5. The topological polar surface area (TPSA) is 96.5 Å². The van der Waals surface area contributed by atoms with Gasteiger partial charge in [-0.3, -0.25) is 4.79 Å². The summed E-state index contributed by atoms with van der Waals surface area (Å²) in [5, 5.41) is 23.9. The van der Waals surface area contributed by atoms with Crippen LogP contribution in [-0.2, 0) is 11.3 Å². The minimum absolute atomic E-state index is 0.00923. The lowest BCUT2D eigenvalue weighted by Crippen LogP contribution is -2.50. The Hall–Kier alpha value is -2.75. The number of hydrogen-bond donors (Lipinski definition) is 1. The van der Waals surface area contributed by atoms with Crippen LogP contribution in [0.2, 0.25) is 0 Å². The van der Waals surface area contributed by atoms with Gasteiger partial charge in [-0.2, -0.15) is 10.1 Å². The zero-order valence-electron chi connectivity index (χ0n) is 12.8. The van der Waals surface area contributed by atoms with Gasteiger partial charge in [0.1, 0.15) is 12.1 Å². The van der Waals surface area contributed by atoms with Gasteiger partial charge >= 0.3 is 0 Å². The van der Waals surface area contributed by atoms with Crippen LogP contribution >= 0.6 is 0 Å². The molecule has 1 N–H and O–H groups in total. The highest BCUT2D eigenvalue weighted by Gasteiger charge is 2.30. The molecule has 0 aliphatic heterocycles. The van der Waals surface area contributed by atoms with Crippen molar-refractivity contribution < 1.29 is 4.79 Å². The monoisotopic (exact) mass is 298 g/mol. The highest BCUT2D eigenvalue weighted by Crippen LogP contribution is 2.15. The van der Waals surface area contributed by atoms with Gasteiger partial charge in [0.15, 0.2) is 0 Å². The summed E-state index contributed by atoms with van der Waals surface area (Å²) < 4.78 is 0. The first kappa shape index (κ1) is 15.6. The van der Waals surface area contributed by atoms with Crippen molar-refractivity contribution in [1.29, 1.82) is 5.26 Å². The lowest BCUT2D eigenvalue weighted by molar-refractivity contribution is -0.123. The van der Waals surface area contributed by atoms with E-state index in [2.05, 4.69) is 26.8 Å². The summed E-state index contributed by atoms with van der Waals surface area (Å²) in [5.74, 6) is 0.125. The first-order valence-electron chi connectivity index (χ1n) is 7.00. The maximum absolute atomic E-state index is 12.0. The van der Waals surface area contributed by atoms with E-state index in [1.165, 1.54) is 4.80 Å². The van der Waals surface area contributed by atoms with E-state index in [0.29, 0.717) is 5.82 Å². The van der Waals surface area contributed by atoms with E-state index >= 15 is 0 Å². The second-order valence-corrected chi connectivity index (χ2v) is 5.53. The molecule has 22 heavy (non-hydrogen) atoms. The Bertz CT molecular complexity index is 688. The molecule has 0 aliphatic rings. The number of hydrogen-bond acceptors (Lipinski definition) is 5. The molecule has 0 saturated heterocycles. The van der Waals surface area contributed by atoms with Gasteiger partial charge < -0.3 is 5.32 Å². The number of nitrogens with zero attached hydrogens (tertiary/aromatic N) is 5. The molecule has 0 bridgehead atoms. The maximum Gasteiger partial charge on any atom is 0.244 e. The van der Waals surface area contributed by atoms with Crippen molar-refractivity contribution in [2.75, 3.05) is 0 Å². The van der Waals surface area contributed by atoms with Crippen molar-refractivity contribution in [3.05, 3.63) is 30.3 Å². The first-order chi connectivity index (χ1) is 10.4. The number of nitrogens with one attached hydrogen (secondary N) is 1. The van der Waals surface area contributed by atoms with E-state index in [1.807, 2.05) is 44.2 Å². The van der Waals surface area contributed by atoms with Gasteiger partial charge in [-0.15, -0.1) is 10.2 Å². The normalized spacial score (nSPS) is 13.4. The van der Waals surface area contributed by atoms with E-state index in [4.69, 9.17) is 0 Å². The number of carbonyl (C=O) groups is 1. The molecule has 1 aromatic carbocycles. The number of benzene rings is 1. The smallest absolute Gasteiger partial charge is 0.244 e. The molecule has 7 nitrogen and oxygen atoms in total. The molecule has 0 unspecified atom stereocenters. The van der Waals surface area contributed by atoms with Crippen molar-refractivity contribution in [2.45, 2.75) is 32.9 Å². The summed E-state index contributed by atoms with van der Waals surface area (Å²) in [6.45, 7) is 5.37. The highest BCUT2D eigenvalue weighted by molar-refractivity contribution is 5.77. The van der Waals surface area contributed by atoms with Crippen molar-refractivity contribution in [3.8, 4) is 17.5 Å². The Kier molecular flexibility index (Phi) is 4.51. The predicted molar refractivity (Wildman–Crippen MR) is 80.3 cm³/mol. The van der Waals surface area contributed by atoms with Crippen LogP contribution < -0.4 is 5.32 Å². The molecule has 0 aliphatic carbocycles. The molecule has 0 fully saturated rings. The van der Waals surface area contributed by atoms with Crippen LogP contribution in [0.4, 0.5) is 0 Å². The highest BCUT2D eigenvalue weighted by atomic mass is 16.2. The van der Waals surface area contributed by atoms with Crippen molar-refractivity contribution in [2.24, 2.45) is 5.92 Å². The maximum atomic E-state index is 12.0. The van der Waals surface area contributed by atoms with E-state index in [-0.39, 0.29) is 18.4 Å². The van der Waals surface area contributed by atoms with Crippen molar-refractivity contribution >= 4 is 5.91 Å². The zero-order valence-corrected chi connectivity index (χ0v) is 12.8. The number of tetrazole rings is 1. The Labute approximate surface area is 128 Å². The summed E-state index contributed by atoms with van der Waals surface area (Å²) in [6.07, 6.45) is 0. The average Bonchev–Trinajstić information content (AvgIpc) is 2.96. The molecule has 114 valence electrons. The van der Waals surface area contributed by atoms with Crippen LogP contribution in [-0.4, -0.2) is 31.7 Å². The summed E-state index contributed by atoms with van der Waals surface area (Å²) in [5.41, 5.74) is -0.0851. The van der Waals surface area contributed by atoms with Crippen molar-refractivity contribution in [3.63, 3.8) is 0 Å². The molecule has 1 atom stereocenters. The van der Waals surface area contributed by atoms with Crippen LogP contribution in [0.15, 0.2) is 30.3 Å². The summed E-state index contributed by atoms with van der Waals surface area (Å²) >= 11 is 0. The summed E-state index contributed by atoms with van der Waals surface area (Å²) in [4.78, 5) is 13.3. The molecule has 0 spiro atoms. The van der Waals surface area contributed by atoms with Gasteiger partial charge in [-0.25, -0.2) is 0 Å². The number of nitriles is 1. The van der Waals surface area contributed by atoms with E-state index in [1.54, 1.807) is 6.92 Å². The third-order valence-electron chi connectivity index (χ3n) is 3.56. The SMILES string of the molecule is CC(C)[C@](C)(C#N)NC(=O)Cn1nnc(-c2ccccc2)n1. The van der Waals surface area contributed by atoms with Gasteiger partial charge in [0, 0.05) is 5.56 Å². The standard InChI is InChI=1S/C15H18N6O/c1-11(2)15(3,10-16)17-13(22)9-21-19-14(18-20-21)12-7-5-4-6-8-12/h4-8,11H,9H2,1-3H3,(H,17,22)/t15-/m0/s1. The van der Waals surface area contributed by atoms with Crippen LogP contribution in [0.1, 0.15) is 20.8 Å². The number of amides is 1. The lowest BCUT2D eigenvalue weighted by atomic mass is 9.90. The van der Waals surface area contributed by atoms with Gasteiger partial charge in [-0.05, 0) is 18.1 Å². The predicted octanol–water partition coefficient (Wildman–Crippen LogP) is 1.39. The van der Waals surface area contributed by atoms with E-state index in [9.17, 15) is 10.1 Å². The Morgan fingerprint density at radius 1 is 1.41 bits per heavy atom. The first-order valence-corrected chi connectivity index (χ1v) is 7.00. The Morgan fingerprint density at radius 3 is 2.68 bits per heavy atom. The number of carbonyl (C=O) groups excluding carboxylic acids is 1. The molecule has 2 aromatic rings. The van der Waals surface area contributed by atoms with E-state index in [0.717, 1.165) is 5.56 Å². The van der Waals surface area contributed by atoms with E-state index < -0.39 is 5.54 Å². The van der Waals surface area contributed by atoms with Gasteiger partial charge in [0.05, 0.1) is 6.07 Å². The molecule has 2 rings (SSSR count). The third kappa shape index (κ3) is 3.47. The largest absolute Gasteiger partial charge is 0.336 e. The second-order valence-electron chi connectivity index (χ2n) is 5.53. The minimum atomic E-state index is -0.917. The fourth-order valence-corrected chi connectivity index (χ4v) is 1.77. The van der Waals surface area contributed by atoms with Gasteiger partial charge in [0.2, 0.25) is 11.7 Å². The molecule has 7 heteroatoms. The molecule has 1 heterocycles. The Balaban J connectivity index is 2.05. The van der Waals surface area contributed by atoms with Gasteiger partial charge in [0.25, 0.3) is 0 Å². The molecular weight excluding hydrogens is 280 g/mol. The molecule has 0 radical (unpaired) electrons. The summed E-state index contributed by atoms with van der Waals surface area (Å²) in [7, 11) is 0. The fourth-order valence-electron chi connectivity index (χ4n) is 1.77. The zero-order chi connectivity index (χ0) is 16.2. The van der Waals surface area contributed by atoms with Crippen LogP contribution in [0.5, 0.6) is 0 Å². The molecule has 1 amide bonds. The van der Waals surface area contributed by atoms with Crippen LogP contribution in [0, 0.1) is 17.2 Å². The van der Waals surface area contributed by atoms with Crippen molar-refractivity contribution in [1.82, 2.24) is 25.5 Å². The average molecular weight is 298 g/mol. The lowest BCUT2D eigenvalue weighted by Gasteiger charge is -2.27. The number of aromatic nitrogens is 4. The molecule has 1 aromatic heterocycles. The van der Waals surface area contributed by atoms with Crippen LogP contribution in [0.25, 0.3) is 11.4 Å².